The predicted molar refractivity (Wildman–Crippen MR) is 101 cm³/mol. The first-order valence-corrected chi connectivity index (χ1v) is 8.74. The molecule has 4 nitrogen and oxygen atoms in total. The molecule has 0 fully saturated rings. The van der Waals surface area contributed by atoms with Crippen molar-refractivity contribution < 1.29 is 8.83 Å². The summed E-state index contributed by atoms with van der Waals surface area (Å²) in [5, 5.41) is 0. The van der Waals surface area contributed by atoms with Gasteiger partial charge in [0.2, 0.25) is 0 Å². The van der Waals surface area contributed by atoms with E-state index in [9.17, 15) is 0 Å². The third-order valence-corrected chi connectivity index (χ3v) is 4.56. The SMILES string of the molecule is CC(C)c1ccc2ncoc2c1.CCC(C)c1ccc2ocnc2c1. The van der Waals surface area contributed by atoms with Crippen molar-refractivity contribution in [2.75, 3.05) is 0 Å². The first kappa shape index (κ1) is 17.2. The lowest BCUT2D eigenvalue weighted by Crippen LogP contribution is -1.90. The molecule has 1 atom stereocenters. The van der Waals surface area contributed by atoms with Gasteiger partial charge >= 0.3 is 0 Å². The van der Waals surface area contributed by atoms with E-state index in [2.05, 4.69) is 55.9 Å². The highest BCUT2D eigenvalue weighted by atomic mass is 16.3. The Morgan fingerprint density at radius 3 is 2.20 bits per heavy atom. The largest absolute Gasteiger partial charge is 0.443 e. The second-order valence-corrected chi connectivity index (χ2v) is 6.62. The van der Waals surface area contributed by atoms with Crippen LogP contribution < -0.4 is 0 Å². The van der Waals surface area contributed by atoms with Gasteiger partial charge in [0.15, 0.2) is 24.0 Å². The number of benzene rings is 2. The minimum atomic E-state index is 0.541. The van der Waals surface area contributed by atoms with E-state index >= 15 is 0 Å². The van der Waals surface area contributed by atoms with Crippen molar-refractivity contribution in [3.8, 4) is 0 Å². The summed E-state index contributed by atoms with van der Waals surface area (Å²) in [6.45, 7) is 8.74. The van der Waals surface area contributed by atoms with Crippen molar-refractivity contribution in [2.24, 2.45) is 0 Å². The molecule has 1 unspecified atom stereocenters. The van der Waals surface area contributed by atoms with E-state index in [4.69, 9.17) is 8.83 Å². The number of hydrogen-bond donors (Lipinski definition) is 0. The molecule has 2 aromatic heterocycles. The highest BCUT2D eigenvalue weighted by molar-refractivity contribution is 5.73. The molecule has 0 aliphatic carbocycles. The topological polar surface area (TPSA) is 52.1 Å². The van der Waals surface area contributed by atoms with Gasteiger partial charge in [-0.25, -0.2) is 9.97 Å². The van der Waals surface area contributed by atoms with Crippen LogP contribution in [0.4, 0.5) is 0 Å². The van der Waals surface area contributed by atoms with Crippen molar-refractivity contribution in [1.29, 1.82) is 0 Å². The standard InChI is InChI=1S/C11H13NO.C10H11NO/c1-3-8(2)9-4-5-11-10(6-9)12-7-13-11;1-7(2)8-3-4-9-10(5-8)12-6-11-9/h4-8H,3H2,1-2H3;3-7H,1-2H3. The Balaban J connectivity index is 0.000000146. The molecule has 4 rings (SSSR count). The van der Waals surface area contributed by atoms with Gasteiger partial charge in [-0.3, -0.25) is 0 Å². The summed E-state index contributed by atoms with van der Waals surface area (Å²) in [5.74, 6) is 1.14. The maximum Gasteiger partial charge on any atom is 0.181 e. The third kappa shape index (κ3) is 3.90. The summed E-state index contributed by atoms with van der Waals surface area (Å²) >= 11 is 0. The number of rotatable bonds is 3. The molecule has 0 spiro atoms. The molecule has 4 aromatic rings. The highest BCUT2D eigenvalue weighted by Gasteiger charge is 2.05. The molecule has 0 N–H and O–H groups in total. The van der Waals surface area contributed by atoms with Gasteiger partial charge < -0.3 is 8.83 Å². The van der Waals surface area contributed by atoms with Crippen molar-refractivity contribution in [1.82, 2.24) is 9.97 Å². The molecule has 0 radical (unpaired) electrons. The normalized spacial score (nSPS) is 12.4. The molecule has 4 heteroatoms. The van der Waals surface area contributed by atoms with Gasteiger partial charge in [0.05, 0.1) is 0 Å². The zero-order chi connectivity index (χ0) is 17.8. The predicted octanol–water partition coefficient (Wildman–Crippen LogP) is 6.29. The van der Waals surface area contributed by atoms with E-state index < -0.39 is 0 Å². The second-order valence-electron chi connectivity index (χ2n) is 6.62. The summed E-state index contributed by atoms with van der Waals surface area (Å²) in [4.78, 5) is 8.18. The van der Waals surface area contributed by atoms with E-state index in [1.54, 1.807) is 0 Å². The zero-order valence-electron chi connectivity index (χ0n) is 15.2. The highest BCUT2D eigenvalue weighted by Crippen LogP contribution is 2.22. The Kier molecular flexibility index (Phi) is 5.17. The molecule has 0 amide bonds. The summed E-state index contributed by atoms with van der Waals surface area (Å²) in [6, 6.07) is 12.3. The van der Waals surface area contributed by atoms with Crippen molar-refractivity contribution >= 4 is 22.2 Å². The van der Waals surface area contributed by atoms with Crippen LogP contribution in [0.25, 0.3) is 22.2 Å². The van der Waals surface area contributed by atoms with Crippen LogP contribution in [0.2, 0.25) is 0 Å². The van der Waals surface area contributed by atoms with Crippen LogP contribution in [0, 0.1) is 0 Å². The summed E-state index contributed by atoms with van der Waals surface area (Å²) < 4.78 is 10.4. The lowest BCUT2D eigenvalue weighted by Gasteiger charge is -2.07. The van der Waals surface area contributed by atoms with Gasteiger partial charge in [-0.1, -0.05) is 39.8 Å². The van der Waals surface area contributed by atoms with E-state index in [1.807, 2.05) is 18.2 Å². The maximum absolute atomic E-state index is 5.20. The lowest BCUT2D eigenvalue weighted by atomic mass is 9.98. The van der Waals surface area contributed by atoms with E-state index in [0.717, 1.165) is 28.6 Å². The summed E-state index contributed by atoms with van der Waals surface area (Å²) in [6.07, 6.45) is 4.13. The average Bonchev–Trinajstić information content (AvgIpc) is 3.28. The number of hydrogen-bond acceptors (Lipinski definition) is 4. The van der Waals surface area contributed by atoms with Crippen LogP contribution >= 0.6 is 0 Å². The van der Waals surface area contributed by atoms with Crippen LogP contribution in [0.3, 0.4) is 0 Å². The van der Waals surface area contributed by atoms with Crippen LogP contribution in [0.5, 0.6) is 0 Å². The lowest BCUT2D eigenvalue weighted by molar-refractivity contribution is 0.601. The van der Waals surface area contributed by atoms with E-state index in [-0.39, 0.29) is 0 Å². The van der Waals surface area contributed by atoms with Gasteiger partial charge in [0, 0.05) is 0 Å². The molecule has 0 saturated heterocycles. The molecule has 25 heavy (non-hydrogen) atoms. The van der Waals surface area contributed by atoms with Crippen LogP contribution in [0.1, 0.15) is 57.1 Å². The monoisotopic (exact) mass is 336 g/mol. The molecule has 130 valence electrons. The number of nitrogens with zero attached hydrogens (tertiary/aromatic N) is 2. The molecule has 0 bridgehead atoms. The summed E-state index contributed by atoms with van der Waals surface area (Å²) in [7, 11) is 0. The first-order chi connectivity index (χ1) is 12.1. The van der Waals surface area contributed by atoms with E-state index in [0.29, 0.717) is 11.8 Å². The van der Waals surface area contributed by atoms with Crippen LogP contribution in [0.15, 0.2) is 58.0 Å². The fraction of sp³-hybridized carbons (Fsp3) is 0.333. The second kappa shape index (κ2) is 7.51. The summed E-state index contributed by atoms with van der Waals surface area (Å²) in [5.41, 5.74) is 6.26. The Hall–Kier alpha value is -2.62. The van der Waals surface area contributed by atoms with Crippen LogP contribution in [-0.2, 0) is 0 Å². The Morgan fingerprint density at radius 1 is 0.800 bits per heavy atom. The number of fused-ring (bicyclic) bond motifs is 2. The average molecular weight is 336 g/mol. The molecular formula is C21H24N2O2. The Morgan fingerprint density at radius 2 is 1.48 bits per heavy atom. The van der Waals surface area contributed by atoms with Gasteiger partial charge in [-0.15, -0.1) is 0 Å². The van der Waals surface area contributed by atoms with E-state index in [1.165, 1.54) is 23.9 Å². The van der Waals surface area contributed by atoms with Gasteiger partial charge in [0.25, 0.3) is 0 Å². The molecule has 2 heterocycles. The molecular weight excluding hydrogens is 312 g/mol. The van der Waals surface area contributed by atoms with Gasteiger partial charge in [-0.05, 0) is 53.6 Å². The van der Waals surface area contributed by atoms with Gasteiger partial charge in [0.1, 0.15) is 11.0 Å². The van der Waals surface area contributed by atoms with Crippen molar-refractivity contribution in [3.63, 3.8) is 0 Å². The molecule has 0 aliphatic heterocycles. The smallest absolute Gasteiger partial charge is 0.181 e. The molecule has 0 saturated carbocycles. The fourth-order valence-electron chi connectivity index (χ4n) is 2.65. The molecule has 0 aliphatic rings. The Labute approximate surface area is 147 Å². The van der Waals surface area contributed by atoms with Crippen molar-refractivity contribution in [2.45, 2.75) is 46.0 Å². The van der Waals surface area contributed by atoms with Gasteiger partial charge in [-0.2, -0.15) is 0 Å². The maximum atomic E-state index is 5.20. The fourth-order valence-corrected chi connectivity index (χ4v) is 2.65. The number of oxazole rings is 2. The van der Waals surface area contributed by atoms with Crippen LogP contribution in [-0.4, -0.2) is 9.97 Å². The minimum absolute atomic E-state index is 0.541. The Bertz CT molecular complexity index is 953. The number of aromatic nitrogens is 2. The van der Waals surface area contributed by atoms with Crippen molar-refractivity contribution in [3.05, 3.63) is 60.3 Å². The quantitative estimate of drug-likeness (QED) is 0.441. The zero-order valence-corrected chi connectivity index (χ0v) is 15.2. The molecule has 2 aromatic carbocycles. The third-order valence-electron chi connectivity index (χ3n) is 4.56. The minimum Gasteiger partial charge on any atom is -0.443 e. The first-order valence-electron chi connectivity index (χ1n) is 8.74.